The van der Waals surface area contributed by atoms with Gasteiger partial charge in [-0.2, -0.15) is 0 Å². The number of nitrogens with two attached hydrogens (primary N) is 2. The molecular weight excluding hydrogens is 395 g/mol. The summed E-state index contributed by atoms with van der Waals surface area (Å²) in [7, 11) is -4.26. The first kappa shape index (κ1) is 20.7. The first-order chi connectivity index (χ1) is 13.8. The van der Waals surface area contributed by atoms with Gasteiger partial charge in [-0.3, -0.25) is 15.6 Å². The number of nitrogens with zero attached hydrogens (tertiary/aromatic N) is 1. The van der Waals surface area contributed by atoms with Crippen LogP contribution in [0, 0.1) is 12.7 Å². The van der Waals surface area contributed by atoms with Gasteiger partial charge in [0.15, 0.2) is 11.6 Å². The number of rotatable bonds is 6. The van der Waals surface area contributed by atoms with E-state index in [1.165, 1.54) is 12.1 Å². The number of sulfonamides is 1. The van der Waals surface area contributed by atoms with Gasteiger partial charge >= 0.3 is 0 Å². The highest BCUT2D eigenvalue weighted by molar-refractivity contribution is 7.89. The van der Waals surface area contributed by atoms with E-state index in [1.807, 2.05) is 12.1 Å². The second-order valence-corrected chi connectivity index (χ2v) is 8.09. The number of aryl methyl sites for hydroxylation is 1. The molecule has 0 spiro atoms. The fourth-order valence-corrected chi connectivity index (χ4v) is 3.66. The Labute approximate surface area is 167 Å². The standard InChI is InChI=1S/C20H19FN4O3S/c1-12-7-14(17-9-13(11-22)5-6-24-17)10-15(8-12)20(26)16-3-2-4-18(19(16)21)29(27,28)25-23/h2-10,25H,11,22-23H2,1H3. The fourth-order valence-electron chi connectivity index (χ4n) is 2.93. The number of aromatic nitrogens is 1. The number of hydrazine groups is 1. The average molecular weight is 414 g/mol. The summed E-state index contributed by atoms with van der Waals surface area (Å²) in [5, 5.41) is 0. The van der Waals surface area contributed by atoms with Crippen LogP contribution in [0.15, 0.2) is 59.6 Å². The summed E-state index contributed by atoms with van der Waals surface area (Å²) >= 11 is 0. The van der Waals surface area contributed by atoms with E-state index in [0.717, 1.165) is 17.2 Å². The predicted molar refractivity (Wildman–Crippen MR) is 107 cm³/mol. The quantitative estimate of drug-likeness (QED) is 0.322. The van der Waals surface area contributed by atoms with Crippen LogP contribution in [0.5, 0.6) is 0 Å². The van der Waals surface area contributed by atoms with Crippen molar-refractivity contribution in [1.29, 1.82) is 0 Å². The first-order valence-corrected chi connectivity index (χ1v) is 10.1. The third kappa shape index (κ3) is 4.22. The van der Waals surface area contributed by atoms with Crippen LogP contribution in [-0.2, 0) is 16.6 Å². The Balaban J connectivity index is 2.09. The molecule has 0 amide bonds. The van der Waals surface area contributed by atoms with Gasteiger partial charge in [0, 0.05) is 23.9 Å². The molecule has 0 aliphatic heterocycles. The average Bonchev–Trinajstić information content (AvgIpc) is 2.72. The minimum atomic E-state index is -4.26. The van der Waals surface area contributed by atoms with Gasteiger partial charge < -0.3 is 5.73 Å². The number of carbonyl (C=O) groups excluding carboxylic acids is 1. The zero-order valence-electron chi connectivity index (χ0n) is 15.5. The Morgan fingerprint density at radius 1 is 1.17 bits per heavy atom. The molecule has 0 unspecified atom stereocenters. The molecule has 2 aromatic carbocycles. The van der Waals surface area contributed by atoms with E-state index in [4.69, 9.17) is 11.6 Å². The molecule has 1 aromatic heterocycles. The van der Waals surface area contributed by atoms with Crippen LogP contribution in [0.2, 0.25) is 0 Å². The molecule has 0 fully saturated rings. The Morgan fingerprint density at radius 3 is 2.62 bits per heavy atom. The van der Waals surface area contributed by atoms with Crippen molar-refractivity contribution in [2.24, 2.45) is 11.6 Å². The number of hydrogen-bond acceptors (Lipinski definition) is 6. The Kier molecular flexibility index (Phi) is 5.85. The van der Waals surface area contributed by atoms with Gasteiger partial charge in [0.2, 0.25) is 0 Å². The number of halogens is 1. The van der Waals surface area contributed by atoms with Crippen LogP contribution in [0.4, 0.5) is 4.39 Å². The van der Waals surface area contributed by atoms with E-state index in [-0.39, 0.29) is 11.1 Å². The van der Waals surface area contributed by atoms with Gasteiger partial charge in [-0.05, 0) is 60.5 Å². The van der Waals surface area contributed by atoms with E-state index < -0.39 is 26.5 Å². The van der Waals surface area contributed by atoms with Crippen molar-refractivity contribution in [3.63, 3.8) is 0 Å². The van der Waals surface area contributed by atoms with Gasteiger partial charge in [0.1, 0.15) is 4.90 Å². The molecule has 150 valence electrons. The third-order valence-electron chi connectivity index (χ3n) is 4.35. The van der Waals surface area contributed by atoms with Crippen molar-refractivity contribution < 1.29 is 17.6 Å². The van der Waals surface area contributed by atoms with E-state index in [0.29, 0.717) is 17.8 Å². The van der Waals surface area contributed by atoms with E-state index in [2.05, 4.69) is 4.98 Å². The van der Waals surface area contributed by atoms with Crippen molar-refractivity contribution in [2.45, 2.75) is 18.4 Å². The second kappa shape index (κ2) is 8.18. The normalized spacial score (nSPS) is 11.4. The zero-order valence-corrected chi connectivity index (χ0v) is 16.3. The van der Waals surface area contributed by atoms with Gasteiger partial charge in [0.25, 0.3) is 10.0 Å². The van der Waals surface area contributed by atoms with Crippen molar-refractivity contribution in [3.05, 3.63) is 82.8 Å². The van der Waals surface area contributed by atoms with Crippen LogP contribution in [0.1, 0.15) is 27.0 Å². The minimum Gasteiger partial charge on any atom is -0.326 e. The van der Waals surface area contributed by atoms with Crippen molar-refractivity contribution in [1.82, 2.24) is 9.82 Å². The maximum Gasteiger partial charge on any atom is 0.255 e. The molecule has 0 saturated carbocycles. The largest absolute Gasteiger partial charge is 0.326 e. The van der Waals surface area contributed by atoms with Gasteiger partial charge in [-0.25, -0.2) is 12.8 Å². The highest BCUT2D eigenvalue weighted by Crippen LogP contribution is 2.25. The topological polar surface area (TPSA) is 128 Å². The summed E-state index contributed by atoms with van der Waals surface area (Å²) in [5.41, 5.74) is 8.42. The predicted octanol–water partition coefficient (Wildman–Crippen LogP) is 2.04. The van der Waals surface area contributed by atoms with Crippen molar-refractivity contribution >= 4 is 15.8 Å². The second-order valence-electron chi connectivity index (χ2n) is 6.41. The lowest BCUT2D eigenvalue weighted by Gasteiger charge is -2.10. The van der Waals surface area contributed by atoms with Crippen LogP contribution < -0.4 is 16.4 Å². The molecule has 0 bridgehead atoms. The van der Waals surface area contributed by atoms with E-state index in [1.54, 1.807) is 36.2 Å². The lowest BCUT2D eigenvalue weighted by atomic mass is 9.97. The number of pyridine rings is 1. The molecule has 9 heteroatoms. The number of nitrogens with one attached hydrogen (secondary N) is 1. The summed E-state index contributed by atoms with van der Waals surface area (Å²) in [6.45, 7) is 2.14. The molecule has 7 nitrogen and oxygen atoms in total. The summed E-state index contributed by atoms with van der Waals surface area (Å²) in [6.07, 6.45) is 1.62. The molecule has 0 atom stereocenters. The molecule has 3 rings (SSSR count). The smallest absolute Gasteiger partial charge is 0.255 e. The maximum absolute atomic E-state index is 14.8. The minimum absolute atomic E-state index is 0.203. The monoisotopic (exact) mass is 414 g/mol. The lowest BCUT2D eigenvalue weighted by molar-refractivity contribution is 0.103. The number of hydrogen-bond donors (Lipinski definition) is 3. The molecule has 1 heterocycles. The number of benzene rings is 2. The summed E-state index contributed by atoms with van der Waals surface area (Å²) in [6, 6.07) is 12.2. The van der Waals surface area contributed by atoms with E-state index in [9.17, 15) is 17.6 Å². The molecular formula is C20H19FN4O3S. The van der Waals surface area contributed by atoms with Crippen LogP contribution in [-0.4, -0.2) is 19.2 Å². The van der Waals surface area contributed by atoms with Gasteiger partial charge in [-0.15, -0.1) is 4.83 Å². The summed E-state index contributed by atoms with van der Waals surface area (Å²) in [5.74, 6) is 3.15. The Morgan fingerprint density at radius 2 is 1.93 bits per heavy atom. The van der Waals surface area contributed by atoms with Crippen molar-refractivity contribution in [3.8, 4) is 11.3 Å². The molecule has 0 saturated heterocycles. The molecule has 29 heavy (non-hydrogen) atoms. The molecule has 5 N–H and O–H groups in total. The Bertz CT molecular complexity index is 1200. The fraction of sp³-hybridized carbons (Fsp3) is 0.100. The molecule has 0 aliphatic rings. The van der Waals surface area contributed by atoms with Crippen LogP contribution >= 0.6 is 0 Å². The first-order valence-electron chi connectivity index (χ1n) is 8.59. The van der Waals surface area contributed by atoms with E-state index >= 15 is 0 Å². The maximum atomic E-state index is 14.8. The molecule has 0 aliphatic carbocycles. The summed E-state index contributed by atoms with van der Waals surface area (Å²) in [4.78, 5) is 18.1. The summed E-state index contributed by atoms with van der Waals surface area (Å²) < 4.78 is 38.6. The SMILES string of the molecule is Cc1cc(C(=O)c2cccc(S(=O)(=O)NN)c2F)cc(-c2cc(CN)ccn2)c1. The van der Waals surface area contributed by atoms with Crippen molar-refractivity contribution in [2.75, 3.05) is 0 Å². The van der Waals surface area contributed by atoms with Crippen LogP contribution in [0.25, 0.3) is 11.3 Å². The van der Waals surface area contributed by atoms with Gasteiger partial charge in [0.05, 0.1) is 11.3 Å². The number of ketones is 1. The highest BCUT2D eigenvalue weighted by atomic mass is 32.2. The molecule has 0 radical (unpaired) electrons. The van der Waals surface area contributed by atoms with Gasteiger partial charge in [-0.1, -0.05) is 6.07 Å². The zero-order chi connectivity index (χ0) is 21.2. The van der Waals surface area contributed by atoms with Crippen LogP contribution in [0.3, 0.4) is 0 Å². The third-order valence-corrected chi connectivity index (χ3v) is 5.55. The Hall–Kier alpha value is -2.98. The lowest BCUT2D eigenvalue weighted by Crippen LogP contribution is -2.31. The molecule has 3 aromatic rings. The highest BCUT2D eigenvalue weighted by Gasteiger charge is 2.24. The number of carbonyl (C=O) groups is 1.